The van der Waals surface area contributed by atoms with Crippen molar-refractivity contribution in [1.82, 2.24) is 9.88 Å². The van der Waals surface area contributed by atoms with E-state index in [1.165, 1.54) is 0 Å². The highest BCUT2D eigenvalue weighted by molar-refractivity contribution is 9.10. The van der Waals surface area contributed by atoms with Crippen LogP contribution in [0.25, 0.3) is 0 Å². The molecule has 1 heterocycles. The van der Waals surface area contributed by atoms with E-state index in [0.29, 0.717) is 0 Å². The third-order valence-corrected chi connectivity index (χ3v) is 2.32. The number of carbonyl (C=O) groups excluding carboxylic acids is 1. The Morgan fingerprint density at radius 3 is 2.50 bits per heavy atom. The average Bonchev–Trinajstić information content (AvgIpc) is 2.56. The van der Waals surface area contributed by atoms with Gasteiger partial charge in [-0.2, -0.15) is 0 Å². The summed E-state index contributed by atoms with van der Waals surface area (Å²) in [6, 6.07) is 4.10. The van der Waals surface area contributed by atoms with E-state index in [9.17, 15) is 4.79 Å². The van der Waals surface area contributed by atoms with E-state index in [1.54, 1.807) is 0 Å². The number of rotatable bonds is 4. The number of carbonyl (C=O) groups is 1. The van der Waals surface area contributed by atoms with Crippen LogP contribution in [-0.2, 0) is 11.3 Å². The first-order valence-corrected chi connectivity index (χ1v) is 5.56. The van der Waals surface area contributed by atoms with E-state index >= 15 is 0 Å². The number of hydrogen-bond acceptors (Lipinski definition) is 1. The van der Waals surface area contributed by atoms with Crippen molar-refractivity contribution in [2.45, 2.75) is 31.3 Å². The minimum atomic E-state index is -0.130. The molecule has 1 aromatic heterocycles. The number of nitrogens with one attached hydrogen (secondary N) is 1. The zero-order valence-electron chi connectivity index (χ0n) is 8.40. The Balaban J connectivity index is 2.36. The summed E-state index contributed by atoms with van der Waals surface area (Å²) in [5, 5.41) is 2.91. The van der Waals surface area contributed by atoms with Crippen molar-refractivity contribution in [3.63, 3.8) is 0 Å². The molecule has 2 atom stereocenters. The molecule has 4 heteroatoms. The van der Waals surface area contributed by atoms with Crippen LogP contribution in [0.5, 0.6) is 0 Å². The fourth-order valence-electron chi connectivity index (χ4n) is 1.21. The van der Waals surface area contributed by atoms with Gasteiger partial charge in [-0.25, -0.2) is 0 Å². The molecule has 0 radical (unpaired) electrons. The molecule has 0 saturated carbocycles. The molecule has 1 N–H and O–H groups in total. The van der Waals surface area contributed by atoms with Crippen LogP contribution in [0.3, 0.4) is 0 Å². The van der Waals surface area contributed by atoms with Gasteiger partial charge in [0.05, 0.1) is 4.83 Å². The largest absolute Gasteiger partial charge is 0.352 e. The topological polar surface area (TPSA) is 34.0 Å². The maximum absolute atomic E-state index is 11.3. The van der Waals surface area contributed by atoms with Crippen LogP contribution < -0.4 is 5.32 Å². The zero-order valence-corrected chi connectivity index (χ0v) is 9.99. The first-order chi connectivity index (χ1) is 6.59. The van der Waals surface area contributed by atoms with Gasteiger partial charge in [-0.1, -0.05) is 15.9 Å². The normalized spacial score (nSPS) is 14.8. The molecule has 0 aromatic carbocycles. The minimum Gasteiger partial charge on any atom is -0.352 e. The Morgan fingerprint density at radius 1 is 1.43 bits per heavy atom. The Morgan fingerprint density at radius 2 is 2.00 bits per heavy atom. The highest BCUT2D eigenvalue weighted by Crippen LogP contribution is 1.99. The monoisotopic (exact) mass is 258 g/mol. The minimum absolute atomic E-state index is 0.0321. The lowest BCUT2D eigenvalue weighted by Crippen LogP contribution is -2.38. The van der Waals surface area contributed by atoms with E-state index in [1.807, 2.05) is 42.9 Å². The van der Waals surface area contributed by atoms with Gasteiger partial charge in [-0.05, 0) is 26.0 Å². The van der Waals surface area contributed by atoms with Gasteiger partial charge in [0, 0.05) is 25.0 Å². The lowest BCUT2D eigenvalue weighted by Gasteiger charge is -2.15. The first kappa shape index (κ1) is 11.3. The van der Waals surface area contributed by atoms with Crippen LogP contribution in [0.4, 0.5) is 0 Å². The summed E-state index contributed by atoms with van der Waals surface area (Å²) in [4.78, 5) is 11.2. The summed E-state index contributed by atoms with van der Waals surface area (Å²) < 4.78 is 2.05. The third-order valence-electron chi connectivity index (χ3n) is 1.90. The Hall–Kier alpha value is -0.770. The number of amides is 1. The molecule has 1 aromatic rings. The van der Waals surface area contributed by atoms with E-state index in [4.69, 9.17) is 0 Å². The quantitative estimate of drug-likeness (QED) is 0.821. The van der Waals surface area contributed by atoms with Crippen molar-refractivity contribution in [3.8, 4) is 0 Å². The second kappa shape index (κ2) is 5.20. The number of hydrogen-bond donors (Lipinski definition) is 1. The predicted octanol–water partition coefficient (Wildman–Crippen LogP) is 1.78. The molecule has 1 rings (SSSR count). The summed E-state index contributed by atoms with van der Waals surface area (Å²) in [6.45, 7) is 4.61. The molecule has 2 unspecified atom stereocenters. The second-order valence-corrected chi connectivity index (χ2v) is 4.78. The molecule has 1 amide bonds. The van der Waals surface area contributed by atoms with Crippen molar-refractivity contribution in [3.05, 3.63) is 24.5 Å². The van der Waals surface area contributed by atoms with Crippen LogP contribution >= 0.6 is 15.9 Å². The first-order valence-electron chi connectivity index (χ1n) is 4.65. The summed E-state index contributed by atoms with van der Waals surface area (Å²) >= 11 is 3.23. The number of aromatic nitrogens is 1. The number of halogens is 1. The van der Waals surface area contributed by atoms with Crippen molar-refractivity contribution in [1.29, 1.82) is 0 Å². The van der Waals surface area contributed by atoms with Crippen molar-refractivity contribution in [2.24, 2.45) is 0 Å². The lowest BCUT2D eigenvalue weighted by atomic mass is 10.3. The smallest absolute Gasteiger partial charge is 0.233 e. The van der Waals surface area contributed by atoms with E-state index in [2.05, 4.69) is 21.2 Å². The highest BCUT2D eigenvalue weighted by Gasteiger charge is 2.11. The summed E-state index contributed by atoms with van der Waals surface area (Å²) in [5.74, 6) is 0.0321. The molecular weight excluding hydrogens is 244 g/mol. The zero-order chi connectivity index (χ0) is 10.6. The van der Waals surface area contributed by atoms with Crippen molar-refractivity contribution < 1.29 is 4.79 Å². The van der Waals surface area contributed by atoms with Crippen LogP contribution in [0.15, 0.2) is 24.5 Å². The van der Waals surface area contributed by atoms with Crippen LogP contribution in [-0.4, -0.2) is 21.3 Å². The van der Waals surface area contributed by atoms with Crippen molar-refractivity contribution in [2.75, 3.05) is 0 Å². The summed E-state index contributed by atoms with van der Waals surface area (Å²) in [6.07, 6.45) is 3.97. The molecule has 0 aliphatic carbocycles. The highest BCUT2D eigenvalue weighted by atomic mass is 79.9. The standard InChI is InChI=1S/C10H15BrN2O/c1-8(12-10(14)9(2)11)7-13-5-3-4-6-13/h3-6,8-9H,7H2,1-2H3,(H,12,14). The summed E-state index contributed by atoms with van der Waals surface area (Å²) in [7, 11) is 0. The Bertz CT molecular complexity index is 282. The molecular formula is C10H15BrN2O. The fraction of sp³-hybridized carbons (Fsp3) is 0.500. The van der Waals surface area contributed by atoms with Crippen LogP contribution in [0, 0.1) is 0 Å². The average molecular weight is 259 g/mol. The van der Waals surface area contributed by atoms with Gasteiger partial charge in [0.25, 0.3) is 0 Å². The van der Waals surface area contributed by atoms with Gasteiger partial charge in [0.1, 0.15) is 0 Å². The molecule has 0 saturated heterocycles. The van der Waals surface area contributed by atoms with Crippen molar-refractivity contribution >= 4 is 21.8 Å². The number of nitrogens with zero attached hydrogens (tertiary/aromatic N) is 1. The van der Waals surface area contributed by atoms with Gasteiger partial charge in [-0.15, -0.1) is 0 Å². The molecule has 0 bridgehead atoms. The Labute approximate surface area is 92.6 Å². The maximum atomic E-state index is 11.3. The van der Waals surface area contributed by atoms with Gasteiger partial charge >= 0.3 is 0 Å². The Kier molecular flexibility index (Phi) is 4.20. The van der Waals surface area contributed by atoms with Gasteiger partial charge in [0.15, 0.2) is 0 Å². The number of alkyl halides is 1. The molecule has 3 nitrogen and oxygen atoms in total. The maximum Gasteiger partial charge on any atom is 0.233 e. The molecule has 0 fully saturated rings. The van der Waals surface area contributed by atoms with Crippen LogP contribution in [0.2, 0.25) is 0 Å². The van der Waals surface area contributed by atoms with E-state index in [-0.39, 0.29) is 16.8 Å². The molecule has 78 valence electrons. The van der Waals surface area contributed by atoms with Gasteiger partial charge in [-0.3, -0.25) is 4.79 Å². The fourth-order valence-corrected chi connectivity index (χ4v) is 1.34. The molecule has 0 spiro atoms. The summed E-state index contributed by atoms with van der Waals surface area (Å²) in [5.41, 5.74) is 0. The molecule has 0 aliphatic heterocycles. The molecule has 14 heavy (non-hydrogen) atoms. The van der Waals surface area contributed by atoms with Crippen LogP contribution in [0.1, 0.15) is 13.8 Å². The van der Waals surface area contributed by atoms with Gasteiger partial charge < -0.3 is 9.88 Å². The van der Waals surface area contributed by atoms with E-state index in [0.717, 1.165) is 6.54 Å². The van der Waals surface area contributed by atoms with E-state index < -0.39 is 0 Å². The predicted molar refractivity (Wildman–Crippen MR) is 60.4 cm³/mol. The molecule has 0 aliphatic rings. The lowest BCUT2D eigenvalue weighted by molar-refractivity contribution is -0.120. The third kappa shape index (κ3) is 3.54. The SMILES string of the molecule is CC(Cn1cccc1)NC(=O)C(C)Br. The second-order valence-electron chi connectivity index (χ2n) is 3.41. The van der Waals surface area contributed by atoms with Gasteiger partial charge in [0.2, 0.25) is 5.91 Å².